The number of halogens is 2. The summed E-state index contributed by atoms with van der Waals surface area (Å²) in [5.41, 5.74) is 0. The Morgan fingerprint density at radius 3 is 2.64 bits per heavy atom. The Morgan fingerprint density at radius 1 is 1.36 bits per heavy atom. The molecule has 1 aromatic carbocycles. The minimum Gasteiger partial charge on any atom is -0.224 e. The van der Waals surface area contributed by atoms with E-state index in [-0.39, 0.29) is 5.75 Å². The third-order valence-electron chi connectivity index (χ3n) is 1.70. The first kappa shape index (κ1) is 12.0. The first-order valence-corrected chi connectivity index (χ1v) is 7.08. The van der Waals surface area contributed by atoms with E-state index in [0.29, 0.717) is 17.2 Å². The van der Waals surface area contributed by atoms with Crippen molar-refractivity contribution < 1.29 is 8.42 Å². The Bertz CT molecular complexity index is 403. The predicted octanol–water partition coefficient (Wildman–Crippen LogP) is 2.85. The summed E-state index contributed by atoms with van der Waals surface area (Å²) in [5.74, 6) is 0.472. The summed E-state index contributed by atoms with van der Waals surface area (Å²) in [7, 11) is -3.16. The third-order valence-corrected chi connectivity index (χ3v) is 4.26. The minimum absolute atomic E-state index is 0.104. The van der Waals surface area contributed by atoms with Crippen LogP contribution in [0.15, 0.2) is 33.6 Å². The number of sulfone groups is 1. The summed E-state index contributed by atoms with van der Waals surface area (Å²) in [6, 6.07) is 6.69. The average Bonchev–Trinajstić information content (AvgIpc) is 2.15. The van der Waals surface area contributed by atoms with Crippen molar-refractivity contribution in [3.63, 3.8) is 0 Å². The summed E-state index contributed by atoms with van der Waals surface area (Å²) in [6.07, 6.45) is 0.483. The molecule has 1 aromatic rings. The van der Waals surface area contributed by atoms with Crippen molar-refractivity contribution in [1.82, 2.24) is 0 Å². The lowest BCUT2D eigenvalue weighted by molar-refractivity contribution is 0.595. The molecule has 0 saturated carbocycles. The lowest BCUT2D eigenvalue weighted by Crippen LogP contribution is -2.07. The molecular weight excluding hydrogens is 288 g/mol. The molecule has 0 heterocycles. The first-order chi connectivity index (χ1) is 6.56. The van der Waals surface area contributed by atoms with Gasteiger partial charge in [0.05, 0.1) is 10.6 Å². The molecule has 0 bridgehead atoms. The second-order valence-corrected chi connectivity index (χ2v) is 6.22. The van der Waals surface area contributed by atoms with Gasteiger partial charge in [0.15, 0.2) is 9.84 Å². The van der Waals surface area contributed by atoms with Crippen LogP contribution in [0.4, 0.5) is 0 Å². The Kier molecular flexibility index (Phi) is 4.41. The van der Waals surface area contributed by atoms with Gasteiger partial charge in [0.25, 0.3) is 0 Å². The average molecular weight is 298 g/mol. The molecule has 0 aliphatic heterocycles. The monoisotopic (exact) mass is 296 g/mol. The SMILES string of the molecule is O=S(=O)(CCCCl)c1cccc(Br)c1. The highest BCUT2D eigenvalue weighted by Gasteiger charge is 2.13. The van der Waals surface area contributed by atoms with E-state index in [1.54, 1.807) is 24.3 Å². The molecule has 0 aliphatic rings. The number of benzene rings is 1. The van der Waals surface area contributed by atoms with Crippen molar-refractivity contribution in [2.24, 2.45) is 0 Å². The highest BCUT2D eigenvalue weighted by Crippen LogP contribution is 2.17. The van der Waals surface area contributed by atoms with Gasteiger partial charge in [-0.2, -0.15) is 0 Å². The van der Waals surface area contributed by atoms with Crippen molar-refractivity contribution in [1.29, 1.82) is 0 Å². The topological polar surface area (TPSA) is 34.1 Å². The molecule has 0 fully saturated rings. The Labute approximate surface area is 97.3 Å². The number of rotatable bonds is 4. The molecule has 0 amide bonds. The van der Waals surface area contributed by atoms with Crippen LogP contribution in [0.1, 0.15) is 6.42 Å². The largest absolute Gasteiger partial charge is 0.224 e. The van der Waals surface area contributed by atoms with Crippen molar-refractivity contribution in [3.8, 4) is 0 Å². The maximum absolute atomic E-state index is 11.7. The fourth-order valence-electron chi connectivity index (χ4n) is 1.02. The summed E-state index contributed by atoms with van der Waals surface area (Å²) < 4.78 is 24.1. The summed E-state index contributed by atoms with van der Waals surface area (Å²) in [6.45, 7) is 0. The Balaban J connectivity index is 2.93. The molecule has 78 valence electrons. The molecule has 0 radical (unpaired) electrons. The van der Waals surface area contributed by atoms with Gasteiger partial charge in [-0.15, -0.1) is 11.6 Å². The zero-order chi connectivity index (χ0) is 10.6. The van der Waals surface area contributed by atoms with Crippen molar-refractivity contribution in [2.75, 3.05) is 11.6 Å². The standard InChI is InChI=1S/C9H10BrClO2S/c10-8-3-1-4-9(7-8)14(12,13)6-2-5-11/h1,3-4,7H,2,5-6H2. The normalized spacial score (nSPS) is 11.6. The molecule has 1 rings (SSSR count). The van der Waals surface area contributed by atoms with Crippen LogP contribution in [0, 0.1) is 0 Å². The zero-order valence-corrected chi connectivity index (χ0v) is 10.6. The number of hydrogen-bond donors (Lipinski definition) is 0. The maximum atomic E-state index is 11.7. The van der Waals surface area contributed by atoms with Gasteiger partial charge in [0.2, 0.25) is 0 Å². The highest BCUT2D eigenvalue weighted by atomic mass is 79.9. The number of alkyl halides is 1. The van der Waals surface area contributed by atoms with Gasteiger partial charge < -0.3 is 0 Å². The molecule has 0 spiro atoms. The molecule has 5 heteroatoms. The molecule has 2 nitrogen and oxygen atoms in total. The van der Waals surface area contributed by atoms with E-state index in [2.05, 4.69) is 15.9 Å². The summed E-state index contributed by atoms with van der Waals surface area (Å²) in [4.78, 5) is 0.344. The second kappa shape index (κ2) is 5.14. The molecule has 0 saturated heterocycles. The zero-order valence-electron chi connectivity index (χ0n) is 7.41. The van der Waals surface area contributed by atoms with Gasteiger partial charge in [-0.05, 0) is 24.6 Å². The van der Waals surface area contributed by atoms with E-state index >= 15 is 0 Å². The summed E-state index contributed by atoms with van der Waals surface area (Å²) >= 11 is 8.68. The van der Waals surface area contributed by atoms with Gasteiger partial charge in [0, 0.05) is 10.4 Å². The molecule has 0 unspecified atom stereocenters. The van der Waals surface area contributed by atoms with Crippen molar-refractivity contribution >= 4 is 37.4 Å². The molecule has 0 aliphatic carbocycles. The van der Waals surface area contributed by atoms with E-state index in [9.17, 15) is 8.42 Å². The molecule has 0 atom stereocenters. The quantitative estimate of drug-likeness (QED) is 0.801. The van der Waals surface area contributed by atoms with Crippen LogP contribution in [-0.4, -0.2) is 20.1 Å². The van der Waals surface area contributed by atoms with Crippen LogP contribution < -0.4 is 0 Å². The predicted molar refractivity (Wildman–Crippen MR) is 61.5 cm³/mol. The third kappa shape index (κ3) is 3.26. The number of hydrogen-bond acceptors (Lipinski definition) is 2. The van der Waals surface area contributed by atoms with Gasteiger partial charge >= 0.3 is 0 Å². The second-order valence-electron chi connectivity index (χ2n) is 2.82. The molecule has 0 N–H and O–H groups in total. The van der Waals surface area contributed by atoms with Crippen LogP contribution in [0.2, 0.25) is 0 Å². The maximum Gasteiger partial charge on any atom is 0.178 e. The Morgan fingerprint density at radius 2 is 2.07 bits per heavy atom. The van der Waals surface area contributed by atoms with Crippen molar-refractivity contribution in [2.45, 2.75) is 11.3 Å². The van der Waals surface area contributed by atoms with Crippen LogP contribution in [-0.2, 0) is 9.84 Å². The molecular formula is C9H10BrClO2S. The van der Waals surface area contributed by atoms with E-state index in [1.165, 1.54) is 0 Å². The van der Waals surface area contributed by atoms with E-state index in [1.807, 2.05) is 0 Å². The first-order valence-electron chi connectivity index (χ1n) is 4.10. The van der Waals surface area contributed by atoms with Crippen LogP contribution in [0.3, 0.4) is 0 Å². The van der Waals surface area contributed by atoms with Crippen LogP contribution in [0.5, 0.6) is 0 Å². The van der Waals surface area contributed by atoms with Crippen LogP contribution in [0.25, 0.3) is 0 Å². The van der Waals surface area contributed by atoms with Gasteiger partial charge in [-0.1, -0.05) is 22.0 Å². The lowest BCUT2D eigenvalue weighted by atomic mass is 10.4. The molecule has 14 heavy (non-hydrogen) atoms. The lowest BCUT2D eigenvalue weighted by Gasteiger charge is -2.02. The fraction of sp³-hybridized carbons (Fsp3) is 0.333. The van der Waals surface area contributed by atoms with Gasteiger partial charge in [-0.3, -0.25) is 0 Å². The van der Waals surface area contributed by atoms with E-state index in [0.717, 1.165) is 4.47 Å². The minimum atomic E-state index is -3.16. The van der Waals surface area contributed by atoms with Gasteiger partial charge in [-0.25, -0.2) is 8.42 Å². The molecule has 0 aromatic heterocycles. The van der Waals surface area contributed by atoms with Crippen molar-refractivity contribution in [3.05, 3.63) is 28.7 Å². The Hall–Kier alpha value is -0.0600. The van der Waals surface area contributed by atoms with E-state index in [4.69, 9.17) is 11.6 Å². The fourth-order valence-corrected chi connectivity index (χ4v) is 3.22. The van der Waals surface area contributed by atoms with Crippen LogP contribution >= 0.6 is 27.5 Å². The van der Waals surface area contributed by atoms with E-state index < -0.39 is 9.84 Å². The highest BCUT2D eigenvalue weighted by molar-refractivity contribution is 9.10. The summed E-state index contributed by atoms with van der Waals surface area (Å²) in [5, 5.41) is 0. The van der Waals surface area contributed by atoms with Gasteiger partial charge in [0.1, 0.15) is 0 Å². The smallest absolute Gasteiger partial charge is 0.178 e.